The van der Waals surface area contributed by atoms with Gasteiger partial charge >= 0.3 is 0 Å². The van der Waals surface area contributed by atoms with Crippen LogP contribution in [0.5, 0.6) is 0 Å². The van der Waals surface area contributed by atoms with Crippen molar-refractivity contribution in [3.63, 3.8) is 0 Å². The third-order valence-electron chi connectivity index (χ3n) is 6.04. The predicted octanol–water partition coefficient (Wildman–Crippen LogP) is 2.51. The van der Waals surface area contributed by atoms with Crippen molar-refractivity contribution in [1.29, 1.82) is 0 Å². The van der Waals surface area contributed by atoms with E-state index < -0.39 is 28.2 Å². The van der Waals surface area contributed by atoms with Crippen molar-refractivity contribution in [2.24, 2.45) is 0 Å². The van der Waals surface area contributed by atoms with Gasteiger partial charge in [-0.05, 0) is 45.2 Å². The van der Waals surface area contributed by atoms with Gasteiger partial charge in [-0.15, -0.1) is 0 Å². The first kappa shape index (κ1) is 21.5. The molecule has 4 rings (SSSR count). The molecule has 11 heteroatoms. The van der Waals surface area contributed by atoms with Crippen molar-refractivity contribution in [1.82, 2.24) is 9.97 Å². The van der Waals surface area contributed by atoms with Crippen LogP contribution in [0, 0.1) is 10.1 Å². The molecule has 0 spiro atoms. The van der Waals surface area contributed by atoms with E-state index in [1.165, 1.54) is 24.3 Å². The molecule has 11 nitrogen and oxygen atoms in total. The van der Waals surface area contributed by atoms with Gasteiger partial charge in [0.05, 0.1) is 16.4 Å². The molecule has 0 unspecified atom stereocenters. The van der Waals surface area contributed by atoms with E-state index in [1.807, 2.05) is 4.90 Å². The molecule has 2 amide bonds. The maximum atomic E-state index is 13.0. The standard InChI is InChI=1S/C21H24N6O5/c1-11-4-3-5-12(2)26(11)21-24-18-17(20(30)25-21)15(10-16(28)23-18)19(29)22-13-6-8-14(9-7-13)27(31)32/h6-9,11-12,15H,3-5,10H2,1-2H3,(H,22,29)(H2,23,24,25,28,30)/t11-,12+,15-/m1/s1. The molecule has 1 aromatic carbocycles. The minimum Gasteiger partial charge on any atom is -0.337 e. The highest BCUT2D eigenvalue weighted by Gasteiger charge is 2.36. The Morgan fingerprint density at radius 3 is 2.47 bits per heavy atom. The van der Waals surface area contributed by atoms with Crippen molar-refractivity contribution in [2.45, 2.75) is 57.5 Å². The first-order valence-corrected chi connectivity index (χ1v) is 10.5. The van der Waals surface area contributed by atoms with Gasteiger partial charge in [-0.3, -0.25) is 29.5 Å². The summed E-state index contributed by atoms with van der Waals surface area (Å²) in [5.74, 6) is -1.53. The number of amides is 2. The highest BCUT2D eigenvalue weighted by molar-refractivity contribution is 6.04. The van der Waals surface area contributed by atoms with Crippen LogP contribution < -0.4 is 21.1 Å². The van der Waals surface area contributed by atoms with Crippen LogP contribution in [-0.4, -0.2) is 38.8 Å². The Balaban J connectivity index is 1.64. The van der Waals surface area contributed by atoms with Crippen LogP contribution in [0.3, 0.4) is 0 Å². The number of carbonyl (C=O) groups is 2. The van der Waals surface area contributed by atoms with Gasteiger partial charge in [0, 0.05) is 36.3 Å². The van der Waals surface area contributed by atoms with Crippen molar-refractivity contribution in [3.05, 3.63) is 50.3 Å². The van der Waals surface area contributed by atoms with Gasteiger partial charge < -0.3 is 15.5 Å². The minimum absolute atomic E-state index is 0.0915. The zero-order valence-electron chi connectivity index (χ0n) is 17.8. The molecule has 3 atom stereocenters. The number of fused-ring (bicyclic) bond motifs is 1. The summed E-state index contributed by atoms with van der Waals surface area (Å²) in [5.41, 5.74) is -0.159. The van der Waals surface area contributed by atoms with Crippen molar-refractivity contribution < 1.29 is 14.5 Å². The van der Waals surface area contributed by atoms with Crippen LogP contribution in [0.4, 0.5) is 23.1 Å². The summed E-state index contributed by atoms with van der Waals surface area (Å²) >= 11 is 0. The average molecular weight is 440 g/mol. The second-order valence-corrected chi connectivity index (χ2v) is 8.29. The van der Waals surface area contributed by atoms with E-state index in [0.717, 1.165) is 19.3 Å². The van der Waals surface area contributed by atoms with Crippen LogP contribution in [0.2, 0.25) is 0 Å². The maximum Gasteiger partial charge on any atom is 0.269 e. The summed E-state index contributed by atoms with van der Waals surface area (Å²) in [6.45, 7) is 4.13. The summed E-state index contributed by atoms with van der Waals surface area (Å²) < 4.78 is 0. The number of aromatic nitrogens is 2. The molecule has 2 aliphatic rings. The summed E-state index contributed by atoms with van der Waals surface area (Å²) in [4.78, 5) is 57.8. The molecule has 3 heterocycles. The fraction of sp³-hybridized carbons (Fsp3) is 0.429. The molecule has 168 valence electrons. The summed E-state index contributed by atoms with van der Waals surface area (Å²) in [6, 6.07) is 5.67. The van der Waals surface area contributed by atoms with Gasteiger partial charge in [-0.25, -0.2) is 0 Å². The lowest BCUT2D eigenvalue weighted by Crippen LogP contribution is -2.46. The average Bonchev–Trinajstić information content (AvgIpc) is 2.73. The van der Waals surface area contributed by atoms with Crippen molar-refractivity contribution in [3.8, 4) is 0 Å². The summed E-state index contributed by atoms with van der Waals surface area (Å²) in [7, 11) is 0. The normalized spacial score (nSPS) is 22.6. The van der Waals surface area contributed by atoms with E-state index >= 15 is 0 Å². The lowest BCUT2D eigenvalue weighted by molar-refractivity contribution is -0.384. The SMILES string of the molecule is C[C@@H]1CCC[C@H](C)N1c1nc2c(c(=O)[nH]1)[C@H](C(=O)Nc1ccc([N+](=O)[O-])cc1)CC(=O)N2. The molecule has 32 heavy (non-hydrogen) atoms. The van der Waals surface area contributed by atoms with E-state index in [1.54, 1.807) is 0 Å². The molecule has 1 aromatic heterocycles. The van der Waals surface area contributed by atoms with Crippen LogP contribution in [-0.2, 0) is 9.59 Å². The quantitative estimate of drug-likeness (QED) is 0.488. The fourth-order valence-corrected chi connectivity index (χ4v) is 4.44. The molecular weight excluding hydrogens is 416 g/mol. The number of nitrogens with one attached hydrogen (secondary N) is 3. The maximum absolute atomic E-state index is 13.0. The third-order valence-corrected chi connectivity index (χ3v) is 6.04. The second kappa shape index (κ2) is 8.40. The first-order valence-electron chi connectivity index (χ1n) is 10.5. The molecule has 2 aromatic rings. The van der Waals surface area contributed by atoms with Crippen molar-refractivity contribution >= 4 is 35.0 Å². The predicted molar refractivity (Wildman–Crippen MR) is 118 cm³/mol. The van der Waals surface area contributed by atoms with Crippen LogP contribution in [0.15, 0.2) is 29.1 Å². The molecule has 0 bridgehead atoms. The van der Waals surface area contributed by atoms with Crippen molar-refractivity contribution in [2.75, 3.05) is 15.5 Å². The van der Waals surface area contributed by atoms with Gasteiger partial charge in [-0.2, -0.15) is 4.98 Å². The number of carbonyl (C=O) groups excluding carboxylic acids is 2. The molecule has 3 N–H and O–H groups in total. The highest BCUT2D eigenvalue weighted by atomic mass is 16.6. The Hall–Kier alpha value is -3.76. The van der Waals surface area contributed by atoms with E-state index in [2.05, 4.69) is 34.4 Å². The summed E-state index contributed by atoms with van der Waals surface area (Å²) in [5, 5.41) is 16.1. The van der Waals surface area contributed by atoms with E-state index in [4.69, 9.17) is 0 Å². The molecule has 0 aliphatic carbocycles. The summed E-state index contributed by atoms with van der Waals surface area (Å²) in [6.07, 6.45) is 2.83. The number of H-pyrrole nitrogens is 1. The lowest BCUT2D eigenvalue weighted by atomic mass is 9.92. The van der Waals surface area contributed by atoms with Gasteiger partial charge in [0.1, 0.15) is 5.82 Å². The Bertz CT molecular complexity index is 1120. The van der Waals surface area contributed by atoms with Crippen LogP contribution >= 0.6 is 0 Å². The molecule has 1 fully saturated rings. The number of piperidine rings is 1. The minimum atomic E-state index is -1.03. The van der Waals surface area contributed by atoms with Gasteiger partial charge in [0.25, 0.3) is 11.2 Å². The van der Waals surface area contributed by atoms with Crippen LogP contribution in [0.25, 0.3) is 0 Å². The number of hydrogen-bond acceptors (Lipinski definition) is 7. The van der Waals surface area contributed by atoms with E-state index in [-0.39, 0.29) is 35.6 Å². The molecule has 2 aliphatic heterocycles. The van der Waals surface area contributed by atoms with Gasteiger partial charge in [0.2, 0.25) is 17.8 Å². The molecule has 0 saturated carbocycles. The Kier molecular flexibility index (Phi) is 5.64. The highest BCUT2D eigenvalue weighted by Crippen LogP contribution is 2.32. The van der Waals surface area contributed by atoms with Gasteiger partial charge in [-0.1, -0.05) is 0 Å². The zero-order chi connectivity index (χ0) is 23.0. The number of nitrogens with zero attached hydrogens (tertiary/aromatic N) is 3. The monoisotopic (exact) mass is 440 g/mol. The Morgan fingerprint density at radius 1 is 1.19 bits per heavy atom. The number of nitro benzene ring substituents is 1. The molecule has 0 radical (unpaired) electrons. The Morgan fingerprint density at radius 2 is 1.84 bits per heavy atom. The molecular formula is C21H24N6O5. The van der Waals surface area contributed by atoms with Gasteiger partial charge in [0.15, 0.2) is 0 Å². The van der Waals surface area contributed by atoms with E-state index in [0.29, 0.717) is 11.6 Å². The number of rotatable bonds is 4. The number of hydrogen-bond donors (Lipinski definition) is 3. The number of nitro groups is 1. The van der Waals surface area contributed by atoms with E-state index in [9.17, 15) is 24.5 Å². The topological polar surface area (TPSA) is 150 Å². The number of aromatic amines is 1. The largest absolute Gasteiger partial charge is 0.337 e. The zero-order valence-corrected chi connectivity index (χ0v) is 17.8. The number of benzene rings is 1. The fourth-order valence-electron chi connectivity index (χ4n) is 4.44. The Labute approximate surface area is 183 Å². The number of anilines is 3. The first-order chi connectivity index (χ1) is 15.2. The number of non-ortho nitro benzene ring substituents is 1. The smallest absolute Gasteiger partial charge is 0.269 e. The third kappa shape index (κ3) is 4.05. The lowest BCUT2D eigenvalue weighted by Gasteiger charge is -2.39. The second-order valence-electron chi connectivity index (χ2n) is 8.29. The molecule has 1 saturated heterocycles. The van der Waals surface area contributed by atoms with Crippen LogP contribution in [0.1, 0.15) is 51.0 Å².